The summed E-state index contributed by atoms with van der Waals surface area (Å²) in [6, 6.07) is 6.21. The van der Waals surface area contributed by atoms with Gasteiger partial charge in [-0.25, -0.2) is 0 Å². The van der Waals surface area contributed by atoms with Crippen LogP contribution in [0.15, 0.2) is 24.3 Å². The Morgan fingerprint density at radius 1 is 1.11 bits per heavy atom. The summed E-state index contributed by atoms with van der Waals surface area (Å²) in [6.07, 6.45) is 5.44. The maximum absolute atomic E-state index is 12.8. The molecule has 0 saturated heterocycles. The monoisotopic (exact) mass is 390 g/mol. The lowest BCUT2D eigenvalue weighted by Crippen LogP contribution is -2.56. The summed E-state index contributed by atoms with van der Waals surface area (Å²) in [6.45, 7) is -0.331. The third-order valence-electron chi connectivity index (χ3n) is 6.21. The van der Waals surface area contributed by atoms with Gasteiger partial charge in [-0.2, -0.15) is 0 Å². The average molecular weight is 391 g/mol. The SMILES string of the molecule is NC(=O)c1ccc(NC(=O)COC(=O)C23C[C@@H]4C[C@@H](CC(Cl)(C4)C2)C3)cc1. The van der Waals surface area contributed by atoms with Gasteiger partial charge in [0.1, 0.15) is 0 Å². The first-order valence-corrected chi connectivity index (χ1v) is 9.71. The minimum Gasteiger partial charge on any atom is -0.455 e. The van der Waals surface area contributed by atoms with Crippen LogP contribution in [0.3, 0.4) is 0 Å². The number of halogens is 1. The molecule has 1 aromatic rings. The predicted molar refractivity (Wildman–Crippen MR) is 100 cm³/mol. The van der Waals surface area contributed by atoms with E-state index < -0.39 is 17.2 Å². The summed E-state index contributed by atoms with van der Waals surface area (Å²) in [5.41, 5.74) is 5.53. The van der Waals surface area contributed by atoms with Crippen molar-refractivity contribution in [2.45, 2.75) is 43.4 Å². The van der Waals surface area contributed by atoms with E-state index in [1.807, 2.05) is 0 Å². The molecule has 6 nitrogen and oxygen atoms in total. The van der Waals surface area contributed by atoms with Crippen molar-refractivity contribution in [1.29, 1.82) is 0 Å². The summed E-state index contributed by atoms with van der Waals surface area (Å²) >= 11 is 6.75. The minimum absolute atomic E-state index is 0.270. The van der Waals surface area contributed by atoms with Crippen LogP contribution < -0.4 is 11.1 Å². The third-order valence-corrected chi connectivity index (χ3v) is 6.65. The number of hydrogen-bond acceptors (Lipinski definition) is 4. The summed E-state index contributed by atoms with van der Waals surface area (Å²) in [4.78, 5) is 35.7. The Balaban J connectivity index is 1.34. The van der Waals surface area contributed by atoms with Crippen LogP contribution in [0.5, 0.6) is 0 Å². The Morgan fingerprint density at radius 2 is 1.74 bits per heavy atom. The standard InChI is InChI=1S/C20H23ClN2O4/c21-20-8-12-5-13(9-20)7-19(6-12,11-20)18(26)27-10-16(24)23-15-3-1-14(2-4-15)17(22)25/h1-4,12-13H,5-11H2,(H2,22,25)(H,23,24)/t12-,13+,19?,20?. The number of ether oxygens (including phenoxy) is 1. The molecule has 27 heavy (non-hydrogen) atoms. The van der Waals surface area contributed by atoms with E-state index in [0.29, 0.717) is 29.5 Å². The minimum atomic E-state index is -0.533. The zero-order valence-electron chi connectivity index (χ0n) is 15.0. The molecule has 4 saturated carbocycles. The number of amides is 2. The Bertz CT molecular complexity index is 778. The molecule has 4 fully saturated rings. The molecule has 0 radical (unpaired) electrons. The predicted octanol–water partition coefficient (Wildman–Crippen LogP) is 2.85. The number of hydrogen-bond donors (Lipinski definition) is 2. The van der Waals surface area contributed by atoms with E-state index >= 15 is 0 Å². The largest absolute Gasteiger partial charge is 0.455 e. The van der Waals surface area contributed by atoms with E-state index in [0.717, 1.165) is 32.1 Å². The number of nitrogens with two attached hydrogens (primary N) is 1. The van der Waals surface area contributed by atoms with Crippen molar-refractivity contribution in [3.63, 3.8) is 0 Å². The highest BCUT2D eigenvalue weighted by atomic mass is 35.5. The first-order chi connectivity index (χ1) is 12.8. The number of nitrogens with one attached hydrogen (secondary N) is 1. The molecular weight excluding hydrogens is 368 g/mol. The van der Waals surface area contributed by atoms with Gasteiger partial charge < -0.3 is 15.8 Å². The van der Waals surface area contributed by atoms with E-state index in [9.17, 15) is 14.4 Å². The molecule has 3 N–H and O–H groups in total. The fourth-order valence-corrected chi connectivity index (χ4v) is 6.28. The average Bonchev–Trinajstić information content (AvgIpc) is 2.58. The maximum Gasteiger partial charge on any atom is 0.312 e. The third kappa shape index (κ3) is 3.55. The van der Waals surface area contributed by atoms with Gasteiger partial charge in [0.2, 0.25) is 5.91 Å². The second-order valence-corrected chi connectivity index (χ2v) is 9.26. The van der Waals surface area contributed by atoms with Crippen LogP contribution in [0.25, 0.3) is 0 Å². The van der Waals surface area contributed by atoms with E-state index in [1.54, 1.807) is 12.1 Å². The molecule has 2 unspecified atom stereocenters. The first kappa shape index (κ1) is 18.3. The number of esters is 1. The maximum atomic E-state index is 12.8. The zero-order valence-corrected chi connectivity index (χ0v) is 15.8. The van der Waals surface area contributed by atoms with Gasteiger partial charge in [-0.1, -0.05) is 0 Å². The van der Waals surface area contributed by atoms with Crippen LogP contribution in [-0.4, -0.2) is 29.3 Å². The van der Waals surface area contributed by atoms with E-state index in [1.165, 1.54) is 12.1 Å². The fraction of sp³-hybridized carbons (Fsp3) is 0.550. The smallest absolute Gasteiger partial charge is 0.312 e. The molecule has 0 aliphatic heterocycles. The highest BCUT2D eigenvalue weighted by molar-refractivity contribution is 6.24. The topological polar surface area (TPSA) is 98.5 Å². The van der Waals surface area contributed by atoms with Crippen molar-refractivity contribution < 1.29 is 19.1 Å². The molecule has 4 bridgehead atoms. The van der Waals surface area contributed by atoms with E-state index in [-0.39, 0.29) is 17.5 Å². The van der Waals surface area contributed by atoms with Crippen molar-refractivity contribution >= 4 is 35.1 Å². The van der Waals surface area contributed by atoms with Crippen molar-refractivity contribution in [1.82, 2.24) is 0 Å². The lowest BCUT2D eigenvalue weighted by molar-refractivity contribution is -0.171. The van der Waals surface area contributed by atoms with E-state index in [2.05, 4.69) is 5.32 Å². The Labute approximate surface area is 162 Å². The van der Waals surface area contributed by atoms with Crippen molar-refractivity contribution in [2.75, 3.05) is 11.9 Å². The van der Waals surface area contributed by atoms with Gasteiger partial charge in [-0.15, -0.1) is 11.6 Å². The molecule has 4 aliphatic carbocycles. The summed E-state index contributed by atoms with van der Waals surface area (Å²) in [5, 5.41) is 2.65. The first-order valence-electron chi connectivity index (χ1n) is 9.33. The number of anilines is 1. The summed E-state index contributed by atoms with van der Waals surface area (Å²) in [7, 11) is 0. The van der Waals surface area contributed by atoms with Gasteiger partial charge >= 0.3 is 5.97 Å². The fourth-order valence-electron chi connectivity index (χ4n) is 5.59. The summed E-state index contributed by atoms with van der Waals surface area (Å²) in [5.74, 6) is -0.251. The number of alkyl halides is 1. The van der Waals surface area contributed by atoms with E-state index in [4.69, 9.17) is 22.1 Å². The van der Waals surface area contributed by atoms with Crippen LogP contribution in [-0.2, 0) is 14.3 Å². The van der Waals surface area contributed by atoms with Gasteiger partial charge in [-0.3, -0.25) is 14.4 Å². The lowest BCUT2D eigenvalue weighted by atomic mass is 9.49. The Hall–Kier alpha value is -2.08. The van der Waals surface area contributed by atoms with Crippen LogP contribution in [0.2, 0.25) is 0 Å². The highest BCUT2D eigenvalue weighted by Crippen LogP contribution is 2.64. The van der Waals surface area contributed by atoms with Gasteiger partial charge in [0, 0.05) is 16.1 Å². The quantitative estimate of drug-likeness (QED) is 0.596. The lowest BCUT2D eigenvalue weighted by Gasteiger charge is -2.58. The van der Waals surface area contributed by atoms with Crippen LogP contribution in [0, 0.1) is 17.3 Å². The van der Waals surface area contributed by atoms with Crippen molar-refractivity contribution in [2.24, 2.45) is 23.0 Å². The zero-order chi connectivity index (χ0) is 19.2. The van der Waals surface area contributed by atoms with Crippen LogP contribution in [0.1, 0.15) is 48.9 Å². The molecule has 0 aromatic heterocycles. The molecule has 4 aliphatic rings. The molecule has 5 rings (SSSR count). The number of carbonyl (C=O) groups excluding carboxylic acids is 3. The number of benzene rings is 1. The van der Waals surface area contributed by atoms with Gasteiger partial charge in [0.05, 0.1) is 5.41 Å². The van der Waals surface area contributed by atoms with Gasteiger partial charge in [0.25, 0.3) is 5.91 Å². The summed E-state index contributed by atoms with van der Waals surface area (Å²) < 4.78 is 5.38. The molecule has 7 heteroatoms. The van der Waals surface area contributed by atoms with Crippen molar-refractivity contribution in [3.05, 3.63) is 29.8 Å². The molecular formula is C20H23ClN2O4. The molecule has 1 aromatic carbocycles. The van der Waals surface area contributed by atoms with Crippen LogP contribution in [0.4, 0.5) is 5.69 Å². The van der Waals surface area contributed by atoms with Gasteiger partial charge in [-0.05, 0) is 74.6 Å². The number of rotatable bonds is 5. The molecule has 0 heterocycles. The number of primary amides is 1. The second kappa shape index (κ2) is 6.51. The number of carbonyl (C=O) groups is 3. The molecule has 4 atom stereocenters. The molecule has 0 spiro atoms. The van der Waals surface area contributed by atoms with Crippen LogP contribution >= 0.6 is 11.6 Å². The van der Waals surface area contributed by atoms with Crippen molar-refractivity contribution in [3.8, 4) is 0 Å². The van der Waals surface area contributed by atoms with Gasteiger partial charge in [0.15, 0.2) is 6.61 Å². The second-order valence-electron chi connectivity index (χ2n) is 8.46. The Morgan fingerprint density at radius 3 is 2.30 bits per heavy atom. The normalized spacial score (nSPS) is 33.5. The molecule has 2 amide bonds. The highest BCUT2D eigenvalue weighted by Gasteiger charge is 2.60. The Kier molecular flexibility index (Phi) is 4.41. The molecule has 144 valence electrons.